The number of hydrogen-bond donors (Lipinski definition) is 0. The number of rotatable bonds is 4. The van der Waals surface area contributed by atoms with Crippen LogP contribution in [0.2, 0.25) is 0 Å². The van der Waals surface area contributed by atoms with Gasteiger partial charge in [-0.3, -0.25) is 9.69 Å². The van der Waals surface area contributed by atoms with E-state index in [1.807, 2.05) is 9.80 Å². The van der Waals surface area contributed by atoms with Crippen LogP contribution < -0.4 is 0 Å². The third-order valence-electron chi connectivity index (χ3n) is 5.06. The number of methoxy groups -OCH3 is 1. The molecule has 24 heavy (non-hydrogen) atoms. The van der Waals surface area contributed by atoms with Crippen molar-refractivity contribution in [2.45, 2.75) is 25.3 Å². The zero-order chi connectivity index (χ0) is 17.1. The van der Waals surface area contributed by atoms with Crippen molar-refractivity contribution in [1.82, 2.24) is 9.80 Å². The summed E-state index contributed by atoms with van der Waals surface area (Å²) in [4.78, 5) is 28.5. The van der Waals surface area contributed by atoms with E-state index in [4.69, 9.17) is 4.74 Å². The third-order valence-corrected chi connectivity index (χ3v) is 5.06. The Hall–Kier alpha value is -1.95. The van der Waals surface area contributed by atoms with E-state index >= 15 is 0 Å². The topological polar surface area (TPSA) is 49.9 Å². The number of halogens is 1. The number of piperazine rings is 1. The normalized spacial score (nSPS) is 20.3. The molecule has 6 heteroatoms. The summed E-state index contributed by atoms with van der Waals surface area (Å²) >= 11 is 0. The number of hydrogen-bond acceptors (Lipinski definition) is 4. The molecule has 0 aromatic heterocycles. The summed E-state index contributed by atoms with van der Waals surface area (Å²) in [6.07, 6.45) is 3.14. The Morgan fingerprint density at radius 2 is 1.75 bits per heavy atom. The van der Waals surface area contributed by atoms with Crippen LogP contribution >= 0.6 is 0 Å². The highest BCUT2D eigenvalue weighted by Crippen LogP contribution is 2.29. The van der Waals surface area contributed by atoms with Gasteiger partial charge in [0.25, 0.3) is 0 Å². The molecule has 130 valence electrons. The predicted molar refractivity (Wildman–Crippen MR) is 86.7 cm³/mol. The number of carbonyl (C=O) groups is 2. The highest BCUT2D eigenvalue weighted by molar-refractivity contribution is 5.80. The molecule has 1 aromatic carbocycles. The fourth-order valence-corrected chi connectivity index (χ4v) is 3.37. The second-order valence-electron chi connectivity index (χ2n) is 6.47. The summed E-state index contributed by atoms with van der Waals surface area (Å²) < 4.78 is 18.1. The summed E-state index contributed by atoms with van der Waals surface area (Å²) in [6, 6.07) is 5.37. The summed E-state index contributed by atoms with van der Waals surface area (Å²) in [5.41, 5.74) is 0.710. The molecule has 1 amide bonds. The van der Waals surface area contributed by atoms with Gasteiger partial charge >= 0.3 is 5.97 Å². The van der Waals surface area contributed by atoms with Gasteiger partial charge < -0.3 is 9.64 Å². The van der Waals surface area contributed by atoms with Crippen LogP contribution in [0.15, 0.2) is 24.3 Å². The number of carbonyl (C=O) groups excluding carboxylic acids is 2. The van der Waals surface area contributed by atoms with Crippen LogP contribution in [0.5, 0.6) is 0 Å². The number of ether oxygens (including phenoxy) is 1. The molecule has 1 aromatic rings. The maximum Gasteiger partial charge on any atom is 0.327 e. The molecule has 5 nitrogen and oxygen atoms in total. The quantitative estimate of drug-likeness (QED) is 0.790. The molecule has 2 fully saturated rings. The Morgan fingerprint density at radius 1 is 1.12 bits per heavy atom. The second-order valence-corrected chi connectivity index (χ2v) is 6.47. The van der Waals surface area contributed by atoms with E-state index in [0.29, 0.717) is 31.7 Å². The number of nitrogens with zero attached hydrogens (tertiary/aromatic N) is 2. The van der Waals surface area contributed by atoms with Crippen molar-refractivity contribution in [1.29, 1.82) is 0 Å². The van der Waals surface area contributed by atoms with E-state index < -0.39 is 6.04 Å². The summed E-state index contributed by atoms with van der Waals surface area (Å²) in [7, 11) is 1.36. The maximum absolute atomic E-state index is 13.2. The average molecular weight is 334 g/mol. The molecule has 1 unspecified atom stereocenters. The zero-order valence-corrected chi connectivity index (χ0v) is 13.9. The minimum atomic E-state index is -0.559. The van der Waals surface area contributed by atoms with E-state index in [-0.39, 0.29) is 23.6 Å². The fraction of sp³-hybridized carbons (Fsp3) is 0.556. The molecule has 0 N–H and O–H groups in total. The number of esters is 1. The molecule has 1 aliphatic heterocycles. The zero-order valence-electron chi connectivity index (χ0n) is 13.9. The van der Waals surface area contributed by atoms with Gasteiger partial charge in [0.2, 0.25) is 5.91 Å². The first-order chi connectivity index (χ1) is 11.6. The molecule has 0 spiro atoms. The van der Waals surface area contributed by atoms with Crippen molar-refractivity contribution < 1.29 is 18.7 Å². The molecule has 1 heterocycles. The van der Waals surface area contributed by atoms with Crippen molar-refractivity contribution in [3.8, 4) is 0 Å². The van der Waals surface area contributed by atoms with Gasteiger partial charge in [-0.25, -0.2) is 9.18 Å². The molecular weight excluding hydrogens is 311 g/mol. The third kappa shape index (κ3) is 3.43. The van der Waals surface area contributed by atoms with Gasteiger partial charge in [-0.05, 0) is 30.5 Å². The monoisotopic (exact) mass is 334 g/mol. The molecule has 0 bridgehead atoms. The molecule has 1 aliphatic carbocycles. The van der Waals surface area contributed by atoms with Gasteiger partial charge in [-0.2, -0.15) is 0 Å². The minimum absolute atomic E-state index is 0.199. The molecule has 3 rings (SSSR count). The highest BCUT2D eigenvalue weighted by Gasteiger charge is 2.35. The first kappa shape index (κ1) is 16.9. The van der Waals surface area contributed by atoms with Gasteiger partial charge in [0.15, 0.2) is 0 Å². The van der Waals surface area contributed by atoms with Crippen molar-refractivity contribution in [2.24, 2.45) is 5.92 Å². The van der Waals surface area contributed by atoms with E-state index in [1.54, 1.807) is 12.1 Å². The second kappa shape index (κ2) is 7.30. The summed E-state index contributed by atoms with van der Waals surface area (Å²) in [5, 5.41) is 0. The number of benzene rings is 1. The lowest BCUT2D eigenvalue weighted by Gasteiger charge is -2.40. The molecule has 1 atom stereocenters. The van der Waals surface area contributed by atoms with Crippen LogP contribution in [0.25, 0.3) is 0 Å². The van der Waals surface area contributed by atoms with Crippen LogP contribution in [0.1, 0.15) is 30.9 Å². The van der Waals surface area contributed by atoms with Crippen molar-refractivity contribution in [2.75, 3.05) is 33.3 Å². The average Bonchev–Trinajstić information content (AvgIpc) is 2.55. The van der Waals surface area contributed by atoms with Crippen molar-refractivity contribution in [3.63, 3.8) is 0 Å². The molecule has 1 saturated carbocycles. The van der Waals surface area contributed by atoms with Crippen molar-refractivity contribution in [3.05, 3.63) is 35.6 Å². The lowest BCUT2D eigenvalue weighted by Crippen LogP contribution is -2.53. The lowest BCUT2D eigenvalue weighted by atomic mass is 9.84. The smallest absolute Gasteiger partial charge is 0.327 e. The van der Waals surface area contributed by atoms with E-state index in [9.17, 15) is 14.0 Å². The van der Waals surface area contributed by atoms with E-state index in [2.05, 4.69) is 0 Å². The maximum atomic E-state index is 13.2. The van der Waals surface area contributed by atoms with Gasteiger partial charge in [0.1, 0.15) is 11.9 Å². The summed E-state index contributed by atoms with van der Waals surface area (Å²) in [5.74, 6) is -0.249. The lowest BCUT2D eigenvalue weighted by molar-refractivity contribution is -0.149. The Labute approximate surface area is 141 Å². The summed E-state index contributed by atoms with van der Waals surface area (Å²) in [6.45, 7) is 2.44. The Kier molecular flexibility index (Phi) is 5.14. The molecule has 2 aliphatic rings. The van der Waals surface area contributed by atoms with Gasteiger partial charge in [-0.1, -0.05) is 18.6 Å². The van der Waals surface area contributed by atoms with Crippen LogP contribution in [0.3, 0.4) is 0 Å². The Bertz CT molecular complexity index is 593. The van der Waals surface area contributed by atoms with E-state index in [0.717, 1.165) is 19.3 Å². The highest BCUT2D eigenvalue weighted by atomic mass is 19.1. The van der Waals surface area contributed by atoms with Crippen LogP contribution in [-0.2, 0) is 14.3 Å². The van der Waals surface area contributed by atoms with Gasteiger partial charge in [0.05, 0.1) is 7.11 Å². The number of amides is 1. The Balaban J connectivity index is 1.67. The van der Waals surface area contributed by atoms with Crippen LogP contribution in [-0.4, -0.2) is 55.0 Å². The van der Waals surface area contributed by atoms with Crippen LogP contribution in [0.4, 0.5) is 4.39 Å². The van der Waals surface area contributed by atoms with Crippen molar-refractivity contribution >= 4 is 11.9 Å². The SMILES string of the molecule is COC(=O)C(c1ccc(F)cc1)N1CCN(C(=O)C2CCC2)CC1. The first-order valence-electron chi connectivity index (χ1n) is 8.46. The fourth-order valence-electron chi connectivity index (χ4n) is 3.37. The molecule has 0 radical (unpaired) electrons. The molecule has 1 saturated heterocycles. The minimum Gasteiger partial charge on any atom is -0.468 e. The van der Waals surface area contributed by atoms with Crippen LogP contribution in [0, 0.1) is 11.7 Å². The Morgan fingerprint density at radius 3 is 2.25 bits per heavy atom. The largest absolute Gasteiger partial charge is 0.468 e. The standard InChI is InChI=1S/C18H23FN2O3/c1-24-18(23)16(13-5-7-15(19)8-6-13)20-9-11-21(12-10-20)17(22)14-3-2-4-14/h5-8,14,16H,2-4,9-12H2,1H3. The van der Waals surface area contributed by atoms with E-state index in [1.165, 1.54) is 19.2 Å². The molecular formula is C18H23FN2O3. The predicted octanol–water partition coefficient (Wildman–Crippen LogP) is 1.98. The van der Waals surface area contributed by atoms with Gasteiger partial charge in [-0.15, -0.1) is 0 Å². The first-order valence-corrected chi connectivity index (χ1v) is 8.46. The van der Waals surface area contributed by atoms with Gasteiger partial charge in [0, 0.05) is 32.1 Å².